The second-order valence-electron chi connectivity index (χ2n) is 3.92. The van der Waals surface area contributed by atoms with Crippen molar-refractivity contribution in [3.05, 3.63) is 29.8 Å². The average Bonchev–Trinajstić information content (AvgIpc) is 2.37. The quantitative estimate of drug-likeness (QED) is 0.641. The number of ether oxygens (including phenoxy) is 1. The number of carbonyl (C=O) groups is 1. The summed E-state index contributed by atoms with van der Waals surface area (Å²) in [7, 11) is -2.63. The monoisotopic (exact) mass is 281 g/mol. The topological polar surface area (TPSA) is 72.5 Å². The van der Waals surface area contributed by atoms with E-state index in [2.05, 4.69) is 15.4 Å². The minimum absolute atomic E-state index is 0.0717. The molecule has 1 N–H and O–H groups in total. The Hall–Kier alpha value is -1.84. The largest absolute Gasteiger partial charge is 0.468 e. The number of hydrogen-bond donors (Lipinski definition) is 1. The lowest BCUT2D eigenvalue weighted by Crippen LogP contribution is -2.41. The van der Waals surface area contributed by atoms with Gasteiger partial charge in [-0.25, -0.2) is 8.42 Å². The summed E-state index contributed by atoms with van der Waals surface area (Å²) in [5.41, 5.74) is 0.937. The molecule has 0 amide bonds. The molecule has 5 nitrogen and oxygen atoms in total. The van der Waals surface area contributed by atoms with Gasteiger partial charge >= 0.3 is 5.97 Å². The number of aryl methyl sites for hydroxylation is 1. The molecule has 19 heavy (non-hydrogen) atoms. The van der Waals surface area contributed by atoms with Crippen LogP contribution in [0.15, 0.2) is 29.2 Å². The summed E-state index contributed by atoms with van der Waals surface area (Å²) in [5, 5.41) is 0. The Morgan fingerprint density at radius 2 is 2.00 bits per heavy atom. The predicted molar refractivity (Wildman–Crippen MR) is 70.8 cm³/mol. The van der Waals surface area contributed by atoms with E-state index in [1.165, 1.54) is 19.2 Å². The van der Waals surface area contributed by atoms with Gasteiger partial charge in [-0.2, -0.15) is 4.72 Å². The molecule has 0 saturated heterocycles. The van der Waals surface area contributed by atoms with Gasteiger partial charge in [-0.15, -0.1) is 12.3 Å². The van der Waals surface area contributed by atoms with Crippen LogP contribution in [0.25, 0.3) is 0 Å². The van der Waals surface area contributed by atoms with E-state index < -0.39 is 22.0 Å². The first-order valence-electron chi connectivity index (χ1n) is 5.51. The molecule has 0 unspecified atom stereocenters. The summed E-state index contributed by atoms with van der Waals surface area (Å²) < 4.78 is 30.9. The van der Waals surface area contributed by atoms with Crippen LogP contribution in [0.2, 0.25) is 0 Å². The van der Waals surface area contributed by atoms with Crippen LogP contribution in [0.1, 0.15) is 12.0 Å². The molecule has 0 bridgehead atoms. The van der Waals surface area contributed by atoms with E-state index in [-0.39, 0.29) is 11.3 Å². The number of sulfonamides is 1. The van der Waals surface area contributed by atoms with Crippen molar-refractivity contribution in [2.45, 2.75) is 24.3 Å². The molecule has 1 atom stereocenters. The van der Waals surface area contributed by atoms with E-state index in [0.717, 1.165) is 5.56 Å². The van der Waals surface area contributed by atoms with Crippen LogP contribution in [0.5, 0.6) is 0 Å². The number of esters is 1. The average molecular weight is 281 g/mol. The van der Waals surface area contributed by atoms with Crippen LogP contribution in [-0.4, -0.2) is 27.5 Å². The van der Waals surface area contributed by atoms with E-state index in [1.54, 1.807) is 12.1 Å². The van der Waals surface area contributed by atoms with E-state index in [9.17, 15) is 13.2 Å². The Labute approximate surface area is 113 Å². The molecule has 0 aliphatic heterocycles. The van der Waals surface area contributed by atoms with Crippen molar-refractivity contribution in [1.82, 2.24) is 4.72 Å². The molecule has 0 saturated carbocycles. The summed E-state index contributed by atoms with van der Waals surface area (Å²) in [5.74, 6) is 1.52. The molecule has 1 rings (SSSR count). The van der Waals surface area contributed by atoms with Crippen molar-refractivity contribution in [3.63, 3.8) is 0 Å². The maximum Gasteiger partial charge on any atom is 0.324 e. The molecule has 0 spiro atoms. The second-order valence-corrected chi connectivity index (χ2v) is 5.63. The third-order valence-corrected chi connectivity index (χ3v) is 3.92. The number of nitrogens with one attached hydrogen (secondary N) is 1. The lowest BCUT2D eigenvalue weighted by molar-refractivity contribution is -0.142. The van der Waals surface area contributed by atoms with Gasteiger partial charge in [0.25, 0.3) is 0 Å². The standard InChI is InChI=1S/C13H15NO4S/c1-4-5-12(13(15)18-3)14-19(16,17)11-8-6-10(2)7-9-11/h1,6-9,12,14H,5H2,2-3H3/t12-/m1/s1. The first kappa shape index (κ1) is 15.2. The van der Waals surface area contributed by atoms with Crippen molar-refractivity contribution < 1.29 is 17.9 Å². The number of benzene rings is 1. The molecule has 0 radical (unpaired) electrons. The fourth-order valence-electron chi connectivity index (χ4n) is 1.41. The summed E-state index contributed by atoms with van der Waals surface area (Å²) in [6.45, 7) is 1.85. The van der Waals surface area contributed by atoms with Crippen molar-refractivity contribution in [2.24, 2.45) is 0 Å². The SMILES string of the molecule is C#CC[C@@H](NS(=O)(=O)c1ccc(C)cc1)C(=O)OC. The maximum atomic E-state index is 12.1. The first-order chi connectivity index (χ1) is 8.90. The molecule has 0 heterocycles. The fourth-order valence-corrected chi connectivity index (χ4v) is 2.59. The number of terminal acetylenes is 1. The number of hydrogen-bond acceptors (Lipinski definition) is 4. The van der Waals surface area contributed by atoms with Gasteiger partial charge in [0, 0.05) is 6.42 Å². The van der Waals surface area contributed by atoms with Crippen molar-refractivity contribution >= 4 is 16.0 Å². The number of carbonyl (C=O) groups excluding carboxylic acids is 1. The van der Waals surface area contributed by atoms with Crippen LogP contribution in [0.4, 0.5) is 0 Å². The Bertz CT molecular complexity index is 584. The molecular formula is C13H15NO4S. The molecule has 102 valence electrons. The summed E-state index contributed by atoms with van der Waals surface area (Å²) in [6.07, 6.45) is 5.04. The van der Waals surface area contributed by atoms with Gasteiger partial charge in [0.2, 0.25) is 10.0 Å². The van der Waals surface area contributed by atoms with Crippen LogP contribution in [-0.2, 0) is 19.6 Å². The highest BCUT2D eigenvalue weighted by atomic mass is 32.2. The zero-order chi connectivity index (χ0) is 14.5. The number of rotatable bonds is 5. The number of methoxy groups -OCH3 is 1. The first-order valence-corrected chi connectivity index (χ1v) is 6.99. The Morgan fingerprint density at radius 3 is 2.47 bits per heavy atom. The van der Waals surface area contributed by atoms with Gasteiger partial charge in [-0.1, -0.05) is 17.7 Å². The minimum atomic E-state index is -3.80. The molecule has 0 aliphatic carbocycles. The Balaban J connectivity index is 2.97. The van der Waals surface area contributed by atoms with Gasteiger partial charge in [0.15, 0.2) is 0 Å². The Kier molecular flexibility index (Phi) is 5.10. The van der Waals surface area contributed by atoms with E-state index in [4.69, 9.17) is 6.42 Å². The van der Waals surface area contributed by atoms with Crippen molar-refractivity contribution in [3.8, 4) is 12.3 Å². The minimum Gasteiger partial charge on any atom is -0.468 e. The van der Waals surface area contributed by atoms with E-state index >= 15 is 0 Å². The van der Waals surface area contributed by atoms with E-state index in [0.29, 0.717) is 0 Å². The fraction of sp³-hybridized carbons (Fsp3) is 0.308. The molecule has 1 aromatic rings. The Morgan fingerprint density at radius 1 is 1.42 bits per heavy atom. The highest BCUT2D eigenvalue weighted by molar-refractivity contribution is 7.89. The molecule has 0 aliphatic rings. The molecule has 1 aromatic carbocycles. The second kappa shape index (κ2) is 6.36. The maximum absolute atomic E-state index is 12.1. The normalized spacial score (nSPS) is 12.5. The third kappa shape index (κ3) is 4.09. The summed E-state index contributed by atoms with van der Waals surface area (Å²) in [6, 6.07) is 5.18. The zero-order valence-electron chi connectivity index (χ0n) is 10.7. The molecule has 6 heteroatoms. The smallest absolute Gasteiger partial charge is 0.324 e. The van der Waals surface area contributed by atoms with Crippen molar-refractivity contribution in [2.75, 3.05) is 7.11 Å². The predicted octanol–water partition coefficient (Wildman–Crippen LogP) is 0.838. The molecule has 0 fully saturated rings. The molecule has 0 aromatic heterocycles. The summed E-state index contributed by atoms with van der Waals surface area (Å²) >= 11 is 0. The third-order valence-electron chi connectivity index (χ3n) is 2.44. The highest BCUT2D eigenvalue weighted by Gasteiger charge is 2.25. The van der Waals surface area contributed by atoms with Crippen LogP contribution in [0.3, 0.4) is 0 Å². The van der Waals surface area contributed by atoms with Gasteiger partial charge in [0.05, 0.1) is 12.0 Å². The lowest BCUT2D eigenvalue weighted by Gasteiger charge is -2.14. The van der Waals surface area contributed by atoms with Gasteiger partial charge in [0.1, 0.15) is 6.04 Å². The molecular weight excluding hydrogens is 266 g/mol. The van der Waals surface area contributed by atoms with Crippen LogP contribution in [0, 0.1) is 19.3 Å². The van der Waals surface area contributed by atoms with Gasteiger partial charge in [-0.3, -0.25) is 4.79 Å². The summed E-state index contributed by atoms with van der Waals surface area (Å²) in [4.78, 5) is 11.5. The van der Waals surface area contributed by atoms with Gasteiger partial charge in [-0.05, 0) is 19.1 Å². The van der Waals surface area contributed by atoms with Crippen LogP contribution < -0.4 is 4.72 Å². The van der Waals surface area contributed by atoms with Gasteiger partial charge < -0.3 is 4.74 Å². The zero-order valence-corrected chi connectivity index (χ0v) is 11.5. The van der Waals surface area contributed by atoms with E-state index in [1.807, 2.05) is 6.92 Å². The lowest BCUT2D eigenvalue weighted by atomic mass is 10.2. The highest BCUT2D eigenvalue weighted by Crippen LogP contribution is 2.11. The van der Waals surface area contributed by atoms with Crippen molar-refractivity contribution in [1.29, 1.82) is 0 Å². The van der Waals surface area contributed by atoms with Crippen LogP contribution >= 0.6 is 0 Å².